The molecule has 0 saturated carbocycles. The molecule has 0 aliphatic rings. The van der Waals surface area contributed by atoms with Crippen LogP contribution >= 0.6 is 0 Å². The fourth-order valence-corrected chi connectivity index (χ4v) is 0. The molecule has 0 fully saturated rings. The minimum absolute atomic E-state index is 0.565. The van der Waals surface area contributed by atoms with E-state index in [2.05, 4.69) is 0 Å². The van der Waals surface area contributed by atoms with Gasteiger partial charge in [-0.3, -0.25) is 4.90 Å². The van der Waals surface area contributed by atoms with Gasteiger partial charge in [0, 0.05) is 0 Å². The minimum atomic E-state index is -0.565. The van der Waals surface area contributed by atoms with Gasteiger partial charge in [0.15, 0.2) is 0 Å². The Bertz CT molecular complexity index is 28.5. The van der Waals surface area contributed by atoms with Crippen LogP contribution < -0.4 is 0 Å². The molecule has 0 aliphatic carbocycles. The molecule has 1 radical (unpaired) electrons. The van der Waals surface area contributed by atoms with Gasteiger partial charge in [0.1, 0.15) is 6.23 Å². The third-order valence-corrected chi connectivity index (χ3v) is 0.727. The van der Waals surface area contributed by atoms with Crippen molar-refractivity contribution >= 4 is 0 Å². The van der Waals surface area contributed by atoms with Gasteiger partial charge >= 0.3 is 0 Å². The summed E-state index contributed by atoms with van der Waals surface area (Å²) in [6, 6.07) is 0. The molecule has 0 aliphatic heterocycles. The van der Waals surface area contributed by atoms with E-state index >= 15 is 0 Å². The predicted octanol–water partition coefficient (Wildman–Crippen LogP) is 0.325. The van der Waals surface area contributed by atoms with Crippen LogP contribution in [0, 0.1) is 0 Å². The topological polar surface area (TPSA) is 23.1 Å². The lowest BCUT2D eigenvalue weighted by Crippen LogP contribution is -2.21. The molecule has 6 heavy (non-hydrogen) atoms. The third-order valence-electron chi connectivity index (χ3n) is 0.727. The zero-order valence-corrected chi connectivity index (χ0v) is 4.43. The molecule has 0 saturated heterocycles. The molecule has 0 amide bonds. The summed E-state index contributed by atoms with van der Waals surface area (Å²) in [5, 5.41) is 10.2. The minimum Gasteiger partial charge on any atom is -0.282 e. The molecule has 0 spiro atoms. The number of rotatable bonds is 1. The SMILES string of the molecule is C[C@H]([O])N(C)C. The van der Waals surface area contributed by atoms with E-state index in [0.29, 0.717) is 0 Å². The largest absolute Gasteiger partial charge is 0.282 e. The van der Waals surface area contributed by atoms with Crippen LogP contribution in [-0.2, 0) is 5.11 Å². The Hall–Kier alpha value is -0.0800. The van der Waals surface area contributed by atoms with Gasteiger partial charge in [0.2, 0.25) is 0 Å². The van der Waals surface area contributed by atoms with E-state index < -0.39 is 6.23 Å². The maximum atomic E-state index is 10.2. The summed E-state index contributed by atoms with van der Waals surface area (Å²) in [4.78, 5) is 1.61. The van der Waals surface area contributed by atoms with Crippen molar-refractivity contribution in [1.29, 1.82) is 0 Å². The van der Waals surface area contributed by atoms with Crippen molar-refractivity contribution in [1.82, 2.24) is 4.90 Å². The summed E-state index contributed by atoms with van der Waals surface area (Å²) in [6.45, 7) is 1.61. The van der Waals surface area contributed by atoms with Crippen molar-refractivity contribution in [3.05, 3.63) is 0 Å². The second-order valence-corrected chi connectivity index (χ2v) is 1.56. The van der Waals surface area contributed by atoms with Crippen molar-refractivity contribution in [3.8, 4) is 0 Å². The van der Waals surface area contributed by atoms with Crippen LogP contribution in [0.1, 0.15) is 6.92 Å². The lowest BCUT2D eigenvalue weighted by molar-refractivity contribution is -0.00478. The molecular formula is C4H10NO. The first-order valence-electron chi connectivity index (χ1n) is 1.97. The van der Waals surface area contributed by atoms with Crippen molar-refractivity contribution in [3.63, 3.8) is 0 Å². The van der Waals surface area contributed by atoms with Crippen LogP contribution in [0.25, 0.3) is 0 Å². The summed E-state index contributed by atoms with van der Waals surface area (Å²) >= 11 is 0. The monoisotopic (exact) mass is 88.1 g/mol. The van der Waals surface area contributed by atoms with E-state index in [0.717, 1.165) is 0 Å². The van der Waals surface area contributed by atoms with Crippen molar-refractivity contribution in [2.24, 2.45) is 0 Å². The zero-order valence-electron chi connectivity index (χ0n) is 4.43. The lowest BCUT2D eigenvalue weighted by atomic mass is 10.6. The van der Waals surface area contributed by atoms with E-state index in [-0.39, 0.29) is 0 Å². The van der Waals surface area contributed by atoms with Crippen LogP contribution in [0.5, 0.6) is 0 Å². The molecule has 0 rings (SSSR count). The van der Waals surface area contributed by atoms with Gasteiger partial charge in [0.05, 0.1) is 0 Å². The molecule has 0 aromatic rings. The third kappa shape index (κ3) is 2.18. The van der Waals surface area contributed by atoms with Gasteiger partial charge in [-0.15, -0.1) is 0 Å². The Labute approximate surface area is 38.4 Å². The summed E-state index contributed by atoms with van der Waals surface area (Å²) in [5.41, 5.74) is 0. The fourth-order valence-electron chi connectivity index (χ4n) is 0. The van der Waals surface area contributed by atoms with Gasteiger partial charge in [0.25, 0.3) is 0 Å². The van der Waals surface area contributed by atoms with Gasteiger partial charge < -0.3 is 0 Å². The van der Waals surface area contributed by atoms with Crippen LogP contribution in [0.4, 0.5) is 0 Å². The Morgan fingerprint density at radius 3 is 1.67 bits per heavy atom. The first-order chi connectivity index (χ1) is 2.64. The second kappa shape index (κ2) is 2.16. The number of nitrogens with zero attached hydrogens (tertiary/aromatic N) is 1. The van der Waals surface area contributed by atoms with Crippen molar-refractivity contribution in [2.45, 2.75) is 13.2 Å². The average molecular weight is 88.1 g/mol. The molecule has 0 N–H and O–H groups in total. The number of hydrogen-bond acceptors (Lipinski definition) is 1. The molecule has 1 atom stereocenters. The smallest absolute Gasteiger partial charge is 0.142 e. The maximum Gasteiger partial charge on any atom is 0.142 e. The molecule has 0 unspecified atom stereocenters. The molecule has 0 bridgehead atoms. The summed E-state index contributed by atoms with van der Waals surface area (Å²) in [5.74, 6) is 0. The molecule has 0 aromatic carbocycles. The summed E-state index contributed by atoms with van der Waals surface area (Å²) in [6.07, 6.45) is -0.565. The highest BCUT2D eigenvalue weighted by Gasteiger charge is 1.95. The lowest BCUT2D eigenvalue weighted by Gasteiger charge is -2.08. The van der Waals surface area contributed by atoms with E-state index in [9.17, 15) is 5.11 Å². The summed E-state index contributed by atoms with van der Waals surface area (Å²) in [7, 11) is 3.52. The molecular weight excluding hydrogens is 78.0 g/mol. The molecule has 37 valence electrons. The average Bonchev–Trinajstić information content (AvgIpc) is 1.36. The number of hydrogen-bond donors (Lipinski definition) is 0. The van der Waals surface area contributed by atoms with E-state index in [4.69, 9.17) is 0 Å². The van der Waals surface area contributed by atoms with Gasteiger partial charge in [-0.1, -0.05) is 0 Å². The van der Waals surface area contributed by atoms with Crippen LogP contribution in [0.3, 0.4) is 0 Å². The quantitative estimate of drug-likeness (QED) is 0.423. The van der Waals surface area contributed by atoms with Crippen LogP contribution in [0.2, 0.25) is 0 Å². The standard InChI is InChI=1S/C4H10NO/c1-4(6)5(2)3/h4H,1-3H3/t4-/m0/s1. The van der Waals surface area contributed by atoms with E-state index in [1.54, 1.807) is 25.9 Å². The normalized spacial score (nSPS) is 15.5. The highest BCUT2D eigenvalue weighted by molar-refractivity contribution is 4.35. The first-order valence-corrected chi connectivity index (χ1v) is 1.97. The maximum absolute atomic E-state index is 10.2. The first kappa shape index (κ1) is 5.92. The predicted molar refractivity (Wildman–Crippen MR) is 23.8 cm³/mol. The highest BCUT2D eigenvalue weighted by Crippen LogP contribution is 1.81. The van der Waals surface area contributed by atoms with E-state index in [1.165, 1.54) is 0 Å². The van der Waals surface area contributed by atoms with Gasteiger partial charge in [-0.05, 0) is 21.0 Å². The Kier molecular flexibility index (Phi) is 2.13. The Balaban J connectivity index is 2.99. The van der Waals surface area contributed by atoms with Crippen molar-refractivity contribution in [2.75, 3.05) is 14.1 Å². The second-order valence-electron chi connectivity index (χ2n) is 1.56. The van der Waals surface area contributed by atoms with Crippen molar-refractivity contribution < 1.29 is 5.11 Å². The summed E-state index contributed by atoms with van der Waals surface area (Å²) < 4.78 is 0. The molecule has 2 heteroatoms. The van der Waals surface area contributed by atoms with Crippen LogP contribution in [-0.4, -0.2) is 25.2 Å². The Morgan fingerprint density at radius 1 is 1.50 bits per heavy atom. The molecule has 0 heterocycles. The van der Waals surface area contributed by atoms with E-state index in [1.807, 2.05) is 0 Å². The highest BCUT2D eigenvalue weighted by atomic mass is 16.3. The Morgan fingerprint density at radius 2 is 1.67 bits per heavy atom. The fraction of sp³-hybridized carbons (Fsp3) is 1.00. The zero-order chi connectivity index (χ0) is 5.15. The van der Waals surface area contributed by atoms with Gasteiger partial charge in [-0.25, -0.2) is 5.11 Å². The molecule has 0 aromatic heterocycles. The van der Waals surface area contributed by atoms with Gasteiger partial charge in [-0.2, -0.15) is 0 Å². The van der Waals surface area contributed by atoms with Crippen LogP contribution in [0.15, 0.2) is 0 Å². The molecule has 2 nitrogen and oxygen atoms in total.